The summed E-state index contributed by atoms with van der Waals surface area (Å²) >= 11 is 0. The van der Waals surface area contributed by atoms with E-state index in [1.165, 1.54) is 6.20 Å². The van der Waals surface area contributed by atoms with E-state index in [2.05, 4.69) is 10.6 Å². The number of nitrogens with zero attached hydrogens (tertiary/aromatic N) is 2. The lowest BCUT2D eigenvalue weighted by atomic mass is 10.1. The van der Waals surface area contributed by atoms with Crippen LogP contribution in [-0.2, 0) is 16.0 Å². The lowest BCUT2D eigenvalue weighted by Gasteiger charge is -2.31. The standard InChI is InChI=1S/C21H28N4O4/c1-3-29-21(27)25-12-9-18(10-13-25)24-15-17(14-22)20(26)23-11-8-16-4-6-19(28-2)7-5-16/h4-7,15,18,24H,3,8-13H2,1-2H3,(H,23,26)/b17-15-. The molecule has 0 unspecified atom stereocenters. The SMILES string of the molecule is CCOC(=O)N1CCC(N/C=C(/C#N)C(=O)NCCc2ccc(OC)cc2)CC1. The van der Waals surface area contributed by atoms with Crippen LogP contribution in [0.4, 0.5) is 4.79 Å². The van der Waals surface area contributed by atoms with Crippen LogP contribution in [0.15, 0.2) is 36.0 Å². The minimum absolute atomic E-state index is 0.0348. The van der Waals surface area contributed by atoms with Crippen LogP contribution in [0.2, 0.25) is 0 Å². The molecule has 2 amide bonds. The molecule has 0 atom stereocenters. The van der Waals surface area contributed by atoms with Crippen molar-refractivity contribution >= 4 is 12.0 Å². The van der Waals surface area contributed by atoms with Gasteiger partial charge in [-0.15, -0.1) is 0 Å². The summed E-state index contributed by atoms with van der Waals surface area (Å²) in [5.41, 5.74) is 1.10. The second-order valence-electron chi connectivity index (χ2n) is 6.65. The van der Waals surface area contributed by atoms with Gasteiger partial charge >= 0.3 is 6.09 Å². The van der Waals surface area contributed by atoms with Gasteiger partial charge in [0.2, 0.25) is 0 Å². The van der Waals surface area contributed by atoms with Crippen molar-refractivity contribution < 1.29 is 19.1 Å². The van der Waals surface area contributed by atoms with E-state index >= 15 is 0 Å². The highest BCUT2D eigenvalue weighted by molar-refractivity contribution is 5.97. The van der Waals surface area contributed by atoms with Crippen molar-refractivity contribution in [1.82, 2.24) is 15.5 Å². The van der Waals surface area contributed by atoms with Crippen LogP contribution < -0.4 is 15.4 Å². The molecule has 1 heterocycles. The number of nitriles is 1. The van der Waals surface area contributed by atoms with E-state index in [9.17, 15) is 14.9 Å². The summed E-state index contributed by atoms with van der Waals surface area (Å²) < 4.78 is 10.1. The van der Waals surface area contributed by atoms with Gasteiger partial charge in [0.1, 0.15) is 17.4 Å². The molecule has 1 aliphatic rings. The van der Waals surface area contributed by atoms with Gasteiger partial charge in [0.15, 0.2) is 0 Å². The van der Waals surface area contributed by atoms with Crippen LogP contribution in [0.3, 0.4) is 0 Å². The maximum Gasteiger partial charge on any atom is 0.409 e. The van der Waals surface area contributed by atoms with Gasteiger partial charge in [-0.05, 0) is 43.9 Å². The second-order valence-corrected chi connectivity index (χ2v) is 6.65. The first kappa shape index (κ1) is 22.1. The van der Waals surface area contributed by atoms with Gasteiger partial charge in [-0.2, -0.15) is 5.26 Å². The molecular formula is C21H28N4O4. The highest BCUT2D eigenvalue weighted by atomic mass is 16.6. The van der Waals surface area contributed by atoms with Gasteiger partial charge in [0.05, 0.1) is 13.7 Å². The van der Waals surface area contributed by atoms with Crippen molar-refractivity contribution in [2.45, 2.75) is 32.2 Å². The van der Waals surface area contributed by atoms with Gasteiger partial charge < -0.3 is 25.0 Å². The van der Waals surface area contributed by atoms with E-state index in [0.717, 1.165) is 24.2 Å². The number of hydrogen-bond donors (Lipinski definition) is 2. The number of amides is 2. The summed E-state index contributed by atoms with van der Waals surface area (Å²) in [6, 6.07) is 9.66. The fourth-order valence-corrected chi connectivity index (χ4v) is 3.00. The van der Waals surface area contributed by atoms with Gasteiger partial charge in [0, 0.05) is 31.9 Å². The third kappa shape index (κ3) is 7.03. The molecule has 1 saturated heterocycles. The molecule has 156 valence electrons. The Labute approximate surface area is 171 Å². The zero-order chi connectivity index (χ0) is 21.1. The van der Waals surface area contributed by atoms with Crippen LogP contribution in [0.5, 0.6) is 5.75 Å². The smallest absolute Gasteiger partial charge is 0.409 e. The van der Waals surface area contributed by atoms with Crippen molar-refractivity contribution in [3.63, 3.8) is 0 Å². The van der Waals surface area contributed by atoms with E-state index in [1.54, 1.807) is 18.9 Å². The first-order chi connectivity index (χ1) is 14.1. The molecule has 2 N–H and O–H groups in total. The van der Waals surface area contributed by atoms with Crippen LogP contribution in [-0.4, -0.2) is 56.3 Å². The van der Waals surface area contributed by atoms with E-state index in [1.807, 2.05) is 30.3 Å². The number of piperidine rings is 1. The van der Waals surface area contributed by atoms with Gasteiger partial charge in [-0.3, -0.25) is 4.79 Å². The Hall–Kier alpha value is -3.21. The summed E-state index contributed by atoms with van der Waals surface area (Å²) in [5, 5.41) is 15.2. The van der Waals surface area contributed by atoms with E-state index < -0.39 is 5.91 Å². The highest BCUT2D eigenvalue weighted by Gasteiger charge is 2.23. The molecular weight excluding hydrogens is 372 g/mol. The predicted octanol–water partition coefficient (Wildman–Crippen LogP) is 1.97. The Morgan fingerprint density at radius 2 is 1.97 bits per heavy atom. The average molecular weight is 400 g/mol. The first-order valence-electron chi connectivity index (χ1n) is 9.76. The summed E-state index contributed by atoms with van der Waals surface area (Å²) in [5.74, 6) is 0.379. The maximum absolute atomic E-state index is 12.2. The van der Waals surface area contributed by atoms with Gasteiger partial charge in [-0.25, -0.2) is 4.79 Å². The molecule has 0 spiro atoms. The second kappa shape index (κ2) is 11.6. The van der Waals surface area contributed by atoms with Crippen LogP contribution in [0.25, 0.3) is 0 Å². The summed E-state index contributed by atoms with van der Waals surface area (Å²) in [6.45, 7) is 3.74. The predicted molar refractivity (Wildman–Crippen MR) is 108 cm³/mol. The number of carbonyl (C=O) groups is 2. The summed E-state index contributed by atoms with van der Waals surface area (Å²) in [7, 11) is 1.61. The topological polar surface area (TPSA) is 104 Å². The number of nitrogens with one attached hydrogen (secondary N) is 2. The minimum Gasteiger partial charge on any atom is -0.497 e. The molecule has 2 rings (SSSR count). The van der Waals surface area contributed by atoms with Crippen LogP contribution in [0, 0.1) is 11.3 Å². The molecule has 1 aliphatic heterocycles. The first-order valence-corrected chi connectivity index (χ1v) is 9.76. The molecule has 1 fully saturated rings. The quantitative estimate of drug-likeness (QED) is 0.511. The Morgan fingerprint density at radius 3 is 2.55 bits per heavy atom. The molecule has 0 radical (unpaired) electrons. The lowest BCUT2D eigenvalue weighted by Crippen LogP contribution is -2.44. The maximum atomic E-state index is 12.2. The van der Waals surface area contributed by atoms with E-state index in [0.29, 0.717) is 32.7 Å². The molecule has 1 aromatic carbocycles. The van der Waals surface area contributed by atoms with Crippen molar-refractivity contribution in [3.05, 3.63) is 41.6 Å². The molecule has 0 saturated carbocycles. The number of carbonyl (C=O) groups excluding carboxylic acids is 2. The normalized spacial score (nSPS) is 14.7. The third-order valence-corrected chi connectivity index (χ3v) is 4.71. The number of benzene rings is 1. The zero-order valence-electron chi connectivity index (χ0n) is 16.9. The molecule has 0 aromatic heterocycles. The number of methoxy groups -OCH3 is 1. The van der Waals surface area contributed by atoms with Crippen LogP contribution in [0.1, 0.15) is 25.3 Å². The van der Waals surface area contributed by atoms with Gasteiger partial charge in [0.25, 0.3) is 5.91 Å². The van der Waals surface area contributed by atoms with Crippen LogP contribution >= 0.6 is 0 Å². The zero-order valence-corrected chi connectivity index (χ0v) is 16.9. The molecule has 8 nitrogen and oxygen atoms in total. The average Bonchev–Trinajstić information content (AvgIpc) is 2.75. The highest BCUT2D eigenvalue weighted by Crippen LogP contribution is 2.12. The third-order valence-electron chi connectivity index (χ3n) is 4.71. The number of hydrogen-bond acceptors (Lipinski definition) is 6. The molecule has 1 aromatic rings. The van der Waals surface area contributed by atoms with E-state index in [-0.39, 0.29) is 17.7 Å². The van der Waals surface area contributed by atoms with Gasteiger partial charge in [-0.1, -0.05) is 12.1 Å². The van der Waals surface area contributed by atoms with Crippen molar-refractivity contribution in [2.75, 3.05) is 33.4 Å². The van der Waals surface area contributed by atoms with E-state index in [4.69, 9.17) is 9.47 Å². The van der Waals surface area contributed by atoms with Crippen molar-refractivity contribution in [3.8, 4) is 11.8 Å². The molecule has 8 heteroatoms. The van der Waals surface area contributed by atoms with Crippen molar-refractivity contribution in [2.24, 2.45) is 0 Å². The fourth-order valence-electron chi connectivity index (χ4n) is 3.00. The Morgan fingerprint density at radius 1 is 1.28 bits per heavy atom. The van der Waals surface area contributed by atoms with Crippen molar-refractivity contribution in [1.29, 1.82) is 5.26 Å². The Balaban J connectivity index is 1.75. The number of rotatable bonds is 8. The molecule has 0 aliphatic carbocycles. The monoisotopic (exact) mass is 400 g/mol. The molecule has 29 heavy (non-hydrogen) atoms. The Bertz CT molecular complexity index is 747. The fraction of sp³-hybridized carbons (Fsp3) is 0.476. The Kier molecular flexibility index (Phi) is 8.83. The molecule has 0 bridgehead atoms. The summed E-state index contributed by atoms with van der Waals surface area (Å²) in [4.78, 5) is 25.6. The number of ether oxygens (including phenoxy) is 2. The summed E-state index contributed by atoms with van der Waals surface area (Å²) in [6.07, 6.45) is 3.29. The number of likely N-dealkylation sites (tertiary alicyclic amines) is 1. The minimum atomic E-state index is -0.405. The largest absolute Gasteiger partial charge is 0.497 e. The lowest BCUT2D eigenvalue weighted by molar-refractivity contribution is -0.117.